The molecule has 0 aliphatic carbocycles. The van der Waals surface area contributed by atoms with E-state index >= 15 is 0 Å². The third-order valence-corrected chi connectivity index (χ3v) is 3.92. The Labute approximate surface area is 125 Å². The predicted molar refractivity (Wildman–Crippen MR) is 86.8 cm³/mol. The molecule has 3 aromatic carbocycles. The summed E-state index contributed by atoms with van der Waals surface area (Å²) in [5.74, 6) is 0. The van der Waals surface area contributed by atoms with Crippen LogP contribution in [0, 0.1) is 14.9 Å². The monoisotopic (exact) mass is 355 g/mol. The molecule has 19 heavy (non-hydrogen) atoms. The summed E-state index contributed by atoms with van der Waals surface area (Å²) in [5, 5.41) is 11.3. The van der Waals surface area contributed by atoms with Crippen LogP contribution in [0.5, 0.6) is 0 Å². The molecule has 2 heteroatoms. The number of hydrogen-bond donors (Lipinski definition) is 0. The summed E-state index contributed by atoms with van der Waals surface area (Å²) in [6.45, 7) is 0. The Bertz CT molecular complexity index is 782. The number of hydrogen-bond acceptors (Lipinski definition) is 1. The number of nitrogens with zero attached hydrogens (tertiary/aromatic N) is 1. The summed E-state index contributed by atoms with van der Waals surface area (Å²) in [4.78, 5) is 0. The van der Waals surface area contributed by atoms with E-state index in [1.807, 2.05) is 30.3 Å². The molecule has 0 fully saturated rings. The first kappa shape index (κ1) is 12.2. The van der Waals surface area contributed by atoms with Crippen molar-refractivity contribution in [2.75, 3.05) is 0 Å². The molecule has 0 heterocycles. The maximum absolute atomic E-state index is 9.18. The van der Waals surface area contributed by atoms with Gasteiger partial charge in [0.15, 0.2) is 0 Å². The van der Waals surface area contributed by atoms with Gasteiger partial charge < -0.3 is 0 Å². The summed E-state index contributed by atoms with van der Waals surface area (Å²) in [5.41, 5.74) is 3.08. The zero-order valence-corrected chi connectivity index (χ0v) is 12.3. The Hall–Kier alpha value is -1.86. The van der Waals surface area contributed by atoms with Gasteiger partial charge in [0, 0.05) is 8.96 Å². The minimum absolute atomic E-state index is 0.727. The maximum Gasteiger partial charge on any atom is 0.0998 e. The van der Waals surface area contributed by atoms with Crippen molar-refractivity contribution in [3.63, 3.8) is 0 Å². The summed E-state index contributed by atoms with van der Waals surface area (Å²) in [6.07, 6.45) is 0. The average Bonchev–Trinajstić information content (AvgIpc) is 2.47. The van der Waals surface area contributed by atoms with Crippen LogP contribution in [0.3, 0.4) is 0 Å². The van der Waals surface area contributed by atoms with Gasteiger partial charge in [-0.2, -0.15) is 5.26 Å². The zero-order chi connectivity index (χ0) is 13.2. The second-order valence-corrected chi connectivity index (χ2v) is 5.57. The lowest BCUT2D eigenvalue weighted by molar-refractivity contribution is 1.50. The van der Waals surface area contributed by atoms with Crippen molar-refractivity contribution in [2.45, 2.75) is 0 Å². The normalized spacial score (nSPS) is 10.3. The van der Waals surface area contributed by atoms with E-state index in [0.717, 1.165) is 16.3 Å². The van der Waals surface area contributed by atoms with Crippen molar-refractivity contribution < 1.29 is 0 Å². The van der Waals surface area contributed by atoms with E-state index in [2.05, 4.69) is 59.0 Å². The van der Waals surface area contributed by atoms with Gasteiger partial charge in [0.1, 0.15) is 0 Å². The van der Waals surface area contributed by atoms with Crippen LogP contribution in [-0.2, 0) is 0 Å². The highest BCUT2D eigenvalue weighted by Gasteiger charge is 2.06. The first-order valence-electron chi connectivity index (χ1n) is 5.97. The molecular weight excluding hydrogens is 345 g/mol. The molecule has 0 saturated heterocycles. The summed E-state index contributed by atoms with van der Waals surface area (Å²) >= 11 is 2.30. The van der Waals surface area contributed by atoms with E-state index in [-0.39, 0.29) is 0 Å². The molecule has 0 aliphatic rings. The molecule has 0 aromatic heterocycles. The van der Waals surface area contributed by atoms with Gasteiger partial charge in [-0.05, 0) is 57.3 Å². The van der Waals surface area contributed by atoms with Gasteiger partial charge in [0.05, 0.1) is 11.6 Å². The topological polar surface area (TPSA) is 23.8 Å². The number of benzene rings is 3. The van der Waals surface area contributed by atoms with E-state index in [1.165, 1.54) is 14.7 Å². The molecule has 0 aliphatic heterocycles. The van der Waals surface area contributed by atoms with Gasteiger partial charge in [-0.3, -0.25) is 0 Å². The molecule has 0 amide bonds. The number of rotatable bonds is 1. The van der Waals surface area contributed by atoms with Crippen LogP contribution in [0.2, 0.25) is 0 Å². The minimum Gasteiger partial charge on any atom is -0.192 e. The largest absolute Gasteiger partial charge is 0.192 e. The number of nitriles is 1. The van der Waals surface area contributed by atoms with Crippen LogP contribution in [0.15, 0.2) is 60.7 Å². The lowest BCUT2D eigenvalue weighted by atomic mass is 9.95. The van der Waals surface area contributed by atoms with Crippen LogP contribution in [0.1, 0.15) is 5.56 Å². The molecule has 0 radical (unpaired) electrons. The van der Waals surface area contributed by atoms with Crippen LogP contribution in [-0.4, -0.2) is 0 Å². The fourth-order valence-electron chi connectivity index (χ4n) is 2.28. The third-order valence-electron chi connectivity index (χ3n) is 3.20. The second-order valence-electron chi connectivity index (χ2n) is 4.32. The van der Waals surface area contributed by atoms with E-state index in [9.17, 15) is 5.26 Å². The quantitative estimate of drug-likeness (QED) is 0.565. The molecule has 1 nitrogen and oxygen atoms in total. The highest BCUT2D eigenvalue weighted by molar-refractivity contribution is 14.1. The molecule has 0 spiro atoms. The highest BCUT2D eigenvalue weighted by Crippen LogP contribution is 2.30. The predicted octanol–water partition coefficient (Wildman–Crippen LogP) is 4.98. The van der Waals surface area contributed by atoms with Gasteiger partial charge >= 0.3 is 0 Å². The van der Waals surface area contributed by atoms with Crippen LogP contribution in [0.25, 0.3) is 21.9 Å². The fraction of sp³-hybridized carbons (Fsp3) is 0. The Morgan fingerprint density at radius 3 is 2.16 bits per heavy atom. The molecule has 0 N–H and O–H groups in total. The number of fused-ring (bicyclic) bond motifs is 1. The van der Waals surface area contributed by atoms with Crippen LogP contribution in [0.4, 0.5) is 0 Å². The Morgan fingerprint density at radius 2 is 1.47 bits per heavy atom. The lowest BCUT2D eigenvalue weighted by Gasteiger charge is -2.08. The smallest absolute Gasteiger partial charge is 0.0998 e. The highest BCUT2D eigenvalue weighted by atomic mass is 127. The summed E-state index contributed by atoms with van der Waals surface area (Å²) in [7, 11) is 0. The average molecular weight is 355 g/mol. The van der Waals surface area contributed by atoms with E-state index < -0.39 is 0 Å². The molecule has 3 rings (SSSR count). The molecule has 0 saturated carbocycles. The SMILES string of the molecule is N#Cc1ccc(-c2ccc(I)cc2)c2ccccc12. The molecule has 3 aromatic rings. The maximum atomic E-state index is 9.18. The Morgan fingerprint density at radius 1 is 0.789 bits per heavy atom. The lowest BCUT2D eigenvalue weighted by Crippen LogP contribution is -1.85. The summed E-state index contributed by atoms with van der Waals surface area (Å²) in [6, 6.07) is 22.7. The Kier molecular flexibility index (Phi) is 3.22. The van der Waals surface area contributed by atoms with Crippen molar-refractivity contribution in [1.29, 1.82) is 5.26 Å². The van der Waals surface area contributed by atoms with Gasteiger partial charge in [-0.15, -0.1) is 0 Å². The van der Waals surface area contributed by atoms with Gasteiger partial charge in [0.25, 0.3) is 0 Å². The molecule has 0 unspecified atom stereocenters. The molecular formula is C17H10IN. The third kappa shape index (κ3) is 2.22. The van der Waals surface area contributed by atoms with Crippen molar-refractivity contribution in [1.82, 2.24) is 0 Å². The Balaban J connectivity index is 2.31. The fourth-order valence-corrected chi connectivity index (χ4v) is 2.64. The molecule has 0 atom stereocenters. The van der Waals surface area contributed by atoms with Crippen LogP contribution >= 0.6 is 22.6 Å². The van der Waals surface area contributed by atoms with Crippen molar-refractivity contribution in [3.8, 4) is 17.2 Å². The number of halogens is 1. The van der Waals surface area contributed by atoms with Crippen molar-refractivity contribution in [2.24, 2.45) is 0 Å². The second kappa shape index (κ2) is 5.02. The van der Waals surface area contributed by atoms with E-state index in [0.29, 0.717) is 0 Å². The minimum atomic E-state index is 0.727. The van der Waals surface area contributed by atoms with Crippen molar-refractivity contribution in [3.05, 3.63) is 69.8 Å². The first-order valence-corrected chi connectivity index (χ1v) is 7.05. The molecule has 90 valence electrons. The summed E-state index contributed by atoms with van der Waals surface area (Å²) < 4.78 is 1.22. The van der Waals surface area contributed by atoms with E-state index in [4.69, 9.17) is 0 Å². The molecule has 0 bridgehead atoms. The standard InChI is InChI=1S/C17H10IN/c18-14-8-5-12(6-9-14)16-10-7-13(11-19)15-3-1-2-4-17(15)16/h1-10H. The van der Waals surface area contributed by atoms with Gasteiger partial charge in [-0.1, -0.05) is 42.5 Å². The van der Waals surface area contributed by atoms with E-state index in [1.54, 1.807) is 0 Å². The first-order chi connectivity index (χ1) is 9.29. The van der Waals surface area contributed by atoms with Gasteiger partial charge in [0.2, 0.25) is 0 Å². The van der Waals surface area contributed by atoms with Crippen LogP contribution < -0.4 is 0 Å². The zero-order valence-electron chi connectivity index (χ0n) is 10.1. The van der Waals surface area contributed by atoms with Gasteiger partial charge in [-0.25, -0.2) is 0 Å². The van der Waals surface area contributed by atoms with Crippen molar-refractivity contribution >= 4 is 33.4 Å².